The van der Waals surface area contributed by atoms with Crippen molar-refractivity contribution in [2.24, 2.45) is 0 Å². The molecule has 3 N–H and O–H groups in total. The summed E-state index contributed by atoms with van der Waals surface area (Å²) in [4.78, 5) is 23.3. The van der Waals surface area contributed by atoms with Gasteiger partial charge in [0.2, 0.25) is 5.91 Å². The fourth-order valence-electron chi connectivity index (χ4n) is 7.77. The molecule has 422 valence electrons. The Kier molecular flexibility index (Phi) is 52.0. The van der Waals surface area contributed by atoms with E-state index in [9.17, 15) is 19.4 Å². The van der Waals surface area contributed by atoms with Gasteiger partial charge < -0.3 is 19.8 Å². The van der Waals surface area contributed by atoms with Crippen LogP contribution in [-0.4, -0.2) is 73.4 Å². The number of nitrogens with one attached hydrogen (secondary N) is 1. The fourth-order valence-corrected chi connectivity index (χ4v) is 8.51. The van der Waals surface area contributed by atoms with Gasteiger partial charge in [0.05, 0.1) is 39.9 Å². The molecule has 74 heavy (non-hydrogen) atoms. The molecule has 0 aromatic carbocycles. The monoisotopic (exact) mass is 1050 g/mol. The van der Waals surface area contributed by atoms with Crippen LogP contribution in [0.15, 0.2) is 134 Å². The maximum Gasteiger partial charge on any atom is 0.472 e. The van der Waals surface area contributed by atoms with Crippen molar-refractivity contribution in [3.8, 4) is 0 Å². The van der Waals surface area contributed by atoms with E-state index in [0.29, 0.717) is 17.4 Å². The molecular formula is C65H112N2O6P+. The van der Waals surface area contributed by atoms with Gasteiger partial charge in [-0.1, -0.05) is 250 Å². The first kappa shape index (κ1) is 70.6. The van der Waals surface area contributed by atoms with Crippen LogP contribution in [-0.2, 0) is 18.4 Å². The third kappa shape index (κ3) is 56.4. The Labute approximate surface area is 456 Å². The number of allylic oxidation sites excluding steroid dienone is 21. The first-order chi connectivity index (χ1) is 36.0. The minimum absolute atomic E-state index is 0.0491. The smallest absolute Gasteiger partial charge is 0.387 e. The van der Waals surface area contributed by atoms with E-state index in [1.807, 2.05) is 27.2 Å². The van der Waals surface area contributed by atoms with Crippen LogP contribution >= 0.6 is 7.82 Å². The highest BCUT2D eigenvalue weighted by atomic mass is 31.2. The summed E-state index contributed by atoms with van der Waals surface area (Å²) in [5.41, 5.74) is 0. The van der Waals surface area contributed by atoms with E-state index < -0.39 is 20.0 Å². The lowest BCUT2D eigenvalue weighted by Gasteiger charge is -2.25. The lowest BCUT2D eigenvalue weighted by Crippen LogP contribution is -2.45. The Hall–Kier alpha value is -3.36. The summed E-state index contributed by atoms with van der Waals surface area (Å²) in [5.74, 6) is -0.206. The van der Waals surface area contributed by atoms with E-state index in [-0.39, 0.29) is 19.1 Å². The van der Waals surface area contributed by atoms with Gasteiger partial charge in [-0.05, 0) is 96.3 Å². The highest BCUT2D eigenvalue weighted by Crippen LogP contribution is 2.43. The van der Waals surface area contributed by atoms with Crippen LogP contribution in [0.3, 0.4) is 0 Å². The maximum atomic E-state index is 13.0. The molecule has 1 amide bonds. The Morgan fingerprint density at radius 2 is 0.811 bits per heavy atom. The zero-order valence-electron chi connectivity index (χ0n) is 48.0. The Morgan fingerprint density at radius 1 is 0.473 bits per heavy atom. The molecule has 0 saturated carbocycles. The summed E-state index contributed by atoms with van der Waals surface area (Å²) < 4.78 is 23.7. The van der Waals surface area contributed by atoms with Crippen molar-refractivity contribution in [2.75, 3.05) is 40.9 Å². The number of hydrogen-bond acceptors (Lipinski definition) is 5. The molecule has 0 aliphatic heterocycles. The largest absolute Gasteiger partial charge is 0.472 e. The van der Waals surface area contributed by atoms with Crippen molar-refractivity contribution in [3.05, 3.63) is 134 Å². The highest BCUT2D eigenvalue weighted by Gasteiger charge is 2.27. The second-order valence-electron chi connectivity index (χ2n) is 20.6. The lowest BCUT2D eigenvalue weighted by molar-refractivity contribution is -0.870. The molecule has 0 heterocycles. The van der Waals surface area contributed by atoms with Crippen LogP contribution in [0, 0.1) is 0 Å². The van der Waals surface area contributed by atoms with Crippen molar-refractivity contribution in [1.82, 2.24) is 5.32 Å². The zero-order chi connectivity index (χ0) is 54.2. The van der Waals surface area contributed by atoms with Gasteiger partial charge in [-0.15, -0.1) is 0 Å². The number of carbonyl (C=O) groups excluding carboxylic acids is 1. The van der Waals surface area contributed by atoms with Gasteiger partial charge in [0, 0.05) is 6.42 Å². The highest BCUT2D eigenvalue weighted by molar-refractivity contribution is 7.47. The van der Waals surface area contributed by atoms with E-state index in [0.717, 1.165) is 116 Å². The number of aliphatic hydroxyl groups excluding tert-OH is 1. The molecule has 8 nitrogen and oxygen atoms in total. The minimum atomic E-state index is -4.36. The van der Waals surface area contributed by atoms with E-state index in [4.69, 9.17) is 9.05 Å². The third-order valence-electron chi connectivity index (χ3n) is 12.4. The van der Waals surface area contributed by atoms with Crippen LogP contribution in [0.5, 0.6) is 0 Å². The first-order valence-corrected chi connectivity index (χ1v) is 31.1. The van der Waals surface area contributed by atoms with E-state index in [1.54, 1.807) is 6.08 Å². The molecule has 0 fully saturated rings. The van der Waals surface area contributed by atoms with E-state index in [1.165, 1.54) is 83.5 Å². The summed E-state index contributed by atoms with van der Waals surface area (Å²) in [6, 6.07) is -0.871. The number of hydrogen-bond donors (Lipinski definition) is 3. The van der Waals surface area contributed by atoms with Crippen LogP contribution in [0.25, 0.3) is 0 Å². The number of phosphoric ester groups is 1. The topological polar surface area (TPSA) is 105 Å². The molecular weight excluding hydrogens is 936 g/mol. The molecule has 0 aliphatic carbocycles. The molecule has 0 aromatic rings. The minimum Gasteiger partial charge on any atom is -0.387 e. The second-order valence-corrected chi connectivity index (χ2v) is 22.1. The van der Waals surface area contributed by atoms with Gasteiger partial charge in [0.25, 0.3) is 0 Å². The predicted molar refractivity (Wildman–Crippen MR) is 322 cm³/mol. The molecule has 0 bridgehead atoms. The van der Waals surface area contributed by atoms with Crippen LogP contribution < -0.4 is 5.32 Å². The van der Waals surface area contributed by atoms with Gasteiger partial charge in [0.1, 0.15) is 13.2 Å². The summed E-state index contributed by atoms with van der Waals surface area (Å²) in [7, 11) is 1.54. The third-order valence-corrected chi connectivity index (χ3v) is 13.4. The molecule has 0 spiro atoms. The molecule has 0 saturated heterocycles. The number of nitrogens with zero attached hydrogens (tertiary/aromatic N) is 1. The average Bonchev–Trinajstić information content (AvgIpc) is 3.36. The molecule has 0 radical (unpaired) electrons. The number of quaternary nitrogens is 1. The van der Waals surface area contributed by atoms with Crippen LogP contribution in [0.2, 0.25) is 0 Å². The zero-order valence-corrected chi connectivity index (χ0v) is 48.9. The number of rotatable bonds is 52. The Balaban J connectivity index is 4.28. The summed E-state index contributed by atoms with van der Waals surface area (Å²) in [6.45, 7) is 4.67. The molecule has 0 rings (SSSR count). The maximum absolute atomic E-state index is 13.0. The van der Waals surface area contributed by atoms with Crippen molar-refractivity contribution in [3.63, 3.8) is 0 Å². The lowest BCUT2D eigenvalue weighted by atomic mass is 10.0. The van der Waals surface area contributed by atoms with Crippen LogP contribution in [0.4, 0.5) is 0 Å². The summed E-state index contributed by atoms with van der Waals surface area (Å²) >= 11 is 0. The van der Waals surface area contributed by atoms with Crippen molar-refractivity contribution in [1.29, 1.82) is 0 Å². The SMILES string of the molecule is CC/C=C\C/C=C\C/C=C\C/C=C\C/C=C\C/C=C\C/C=C\C/C=C\C/C=C\C/C=C\CCCCCCC(=O)NC(COP(=O)(O)OCC[N+](C)(C)C)C(O)/C=C/CCCCCCCCCCCCCCCCC. The average molecular weight is 1050 g/mol. The Morgan fingerprint density at radius 3 is 1.19 bits per heavy atom. The van der Waals surface area contributed by atoms with Gasteiger partial charge >= 0.3 is 7.82 Å². The number of aliphatic hydroxyl groups is 1. The van der Waals surface area contributed by atoms with Gasteiger partial charge in [-0.3, -0.25) is 13.8 Å². The number of amides is 1. The first-order valence-electron chi connectivity index (χ1n) is 29.6. The normalized spacial score (nSPS) is 14.9. The number of carbonyl (C=O) groups is 1. The van der Waals surface area contributed by atoms with Crippen molar-refractivity contribution < 1.29 is 32.9 Å². The van der Waals surface area contributed by atoms with E-state index in [2.05, 4.69) is 141 Å². The summed E-state index contributed by atoms with van der Waals surface area (Å²) in [5, 5.41) is 13.9. The fraction of sp³-hybridized carbons (Fsp3) is 0.646. The predicted octanol–water partition coefficient (Wildman–Crippen LogP) is 18.3. The summed E-state index contributed by atoms with van der Waals surface area (Å²) in [6.07, 6.45) is 82.6. The standard InChI is InChI=1S/C65H111N2O6P/c1-6-8-10-12-14-16-18-20-22-24-25-26-27-28-29-30-31-32-33-34-35-36-37-38-39-40-41-43-45-47-49-51-53-55-57-59-65(69)66-63(62-73-74(70,71)72-61-60-67(3,4)5)64(68)58-56-54-52-50-48-46-44-42-23-21-19-17-15-13-11-9-7-2/h8,10,14,16,20,22,25-26,28-29,31-32,34-35,37-38,40-41,45,47,56,58,63-64,68H,6-7,9,11-13,15,17-19,21,23-24,27,30,33,36,39,42-44,46,48-55,57,59-62H2,1-5H3,(H-,66,69,70,71)/p+1/b10-8-,16-14-,22-20-,26-25-,29-28-,32-31-,35-34-,38-37-,41-40-,47-45-,58-56+. The molecule has 9 heteroatoms. The van der Waals surface area contributed by atoms with E-state index >= 15 is 0 Å². The van der Waals surface area contributed by atoms with Crippen molar-refractivity contribution in [2.45, 2.75) is 231 Å². The number of unbranched alkanes of at least 4 members (excludes halogenated alkanes) is 19. The molecule has 0 aromatic heterocycles. The second kappa shape index (κ2) is 54.4. The molecule has 3 unspecified atom stereocenters. The van der Waals surface area contributed by atoms with Gasteiger partial charge in [0.15, 0.2) is 0 Å². The van der Waals surface area contributed by atoms with Gasteiger partial charge in [-0.2, -0.15) is 0 Å². The van der Waals surface area contributed by atoms with Gasteiger partial charge in [-0.25, -0.2) is 4.57 Å². The quantitative estimate of drug-likeness (QED) is 0.0243. The molecule has 3 atom stereocenters. The van der Waals surface area contributed by atoms with Crippen molar-refractivity contribution >= 4 is 13.7 Å². The molecule has 0 aliphatic rings. The van der Waals surface area contributed by atoms with Crippen LogP contribution in [0.1, 0.15) is 219 Å². The number of phosphoric acid groups is 1. The Bertz CT molecular complexity index is 1660. The number of likely N-dealkylation sites (N-methyl/N-ethyl adjacent to an activating group) is 1.